The molecule has 0 saturated carbocycles. The van der Waals surface area contributed by atoms with Crippen LogP contribution < -0.4 is 15.4 Å². The number of ether oxygens (including phenoxy) is 1. The van der Waals surface area contributed by atoms with E-state index >= 15 is 0 Å². The maximum absolute atomic E-state index is 12.0. The lowest BCUT2D eigenvalue weighted by Gasteiger charge is -2.08. The average Bonchev–Trinajstić information content (AvgIpc) is 2.91. The zero-order valence-corrected chi connectivity index (χ0v) is 11.9. The van der Waals surface area contributed by atoms with E-state index in [0.717, 1.165) is 0 Å². The molecule has 0 unspecified atom stereocenters. The second-order valence-corrected chi connectivity index (χ2v) is 4.40. The molecule has 1 heterocycles. The minimum absolute atomic E-state index is 0.0273. The van der Waals surface area contributed by atoms with Crippen molar-refractivity contribution >= 4 is 29.1 Å². The molecule has 0 aliphatic heterocycles. The van der Waals surface area contributed by atoms with Gasteiger partial charge in [0.15, 0.2) is 6.61 Å². The largest absolute Gasteiger partial charge is 0.484 e. The summed E-state index contributed by atoms with van der Waals surface area (Å²) >= 11 is 5.74. The summed E-state index contributed by atoms with van der Waals surface area (Å²) in [4.78, 5) is 23.1. The van der Waals surface area contributed by atoms with Gasteiger partial charge in [0.1, 0.15) is 5.75 Å². The molecular formula is C14H13ClN2O4. The van der Waals surface area contributed by atoms with Crippen molar-refractivity contribution in [2.75, 3.05) is 19.0 Å². The number of carbonyl (C=O) groups excluding carboxylic acids is 2. The number of likely N-dealkylation sites (N-methyl/N-ethyl adjacent to an activating group) is 1. The molecule has 110 valence electrons. The second kappa shape index (κ2) is 6.81. The first-order valence-electron chi connectivity index (χ1n) is 6.08. The number of hydrogen-bond acceptors (Lipinski definition) is 4. The molecule has 21 heavy (non-hydrogen) atoms. The summed E-state index contributed by atoms with van der Waals surface area (Å²) < 4.78 is 10.1. The van der Waals surface area contributed by atoms with Crippen LogP contribution in [0.15, 0.2) is 41.0 Å². The first-order valence-corrected chi connectivity index (χ1v) is 6.45. The van der Waals surface area contributed by atoms with E-state index in [0.29, 0.717) is 11.4 Å². The summed E-state index contributed by atoms with van der Waals surface area (Å²) in [6.45, 7) is -0.0958. The van der Waals surface area contributed by atoms with Crippen LogP contribution in [0.4, 0.5) is 5.69 Å². The molecule has 7 heteroatoms. The number of hydrogen-bond donors (Lipinski definition) is 2. The Balaban J connectivity index is 2.02. The van der Waals surface area contributed by atoms with Crippen LogP contribution in [0.3, 0.4) is 0 Å². The lowest BCUT2D eigenvalue weighted by Crippen LogP contribution is -2.24. The summed E-state index contributed by atoms with van der Waals surface area (Å²) in [6.07, 6.45) is 1.33. The van der Waals surface area contributed by atoms with Crippen LogP contribution in [0.25, 0.3) is 0 Å². The van der Waals surface area contributed by atoms with E-state index in [4.69, 9.17) is 20.8 Å². The van der Waals surface area contributed by atoms with E-state index in [1.807, 2.05) is 0 Å². The number of anilines is 1. The highest BCUT2D eigenvalue weighted by Crippen LogP contribution is 2.21. The van der Waals surface area contributed by atoms with Gasteiger partial charge in [0.2, 0.25) is 5.22 Å². The average molecular weight is 309 g/mol. The van der Waals surface area contributed by atoms with E-state index < -0.39 is 5.91 Å². The maximum atomic E-state index is 12.0. The molecule has 1 aromatic carbocycles. The van der Waals surface area contributed by atoms with Gasteiger partial charge in [0.05, 0.1) is 11.8 Å². The van der Waals surface area contributed by atoms with Gasteiger partial charge in [-0.05, 0) is 29.8 Å². The molecule has 2 rings (SSSR count). The Hall–Kier alpha value is -2.47. The fourth-order valence-corrected chi connectivity index (χ4v) is 1.74. The van der Waals surface area contributed by atoms with Crippen LogP contribution in [-0.4, -0.2) is 25.5 Å². The molecule has 1 aromatic heterocycles. The van der Waals surface area contributed by atoms with E-state index in [1.165, 1.54) is 19.4 Å². The van der Waals surface area contributed by atoms with Crippen molar-refractivity contribution in [2.45, 2.75) is 0 Å². The fraction of sp³-hybridized carbons (Fsp3) is 0.143. The number of halogens is 1. The van der Waals surface area contributed by atoms with E-state index in [9.17, 15) is 9.59 Å². The van der Waals surface area contributed by atoms with Crippen LogP contribution in [0.1, 0.15) is 10.4 Å². The SMILES string of the molecule is CNC(=O)COc1cccc(NC(=O)c2ccoc2Cl)c1. The molecule has 0 fully saturated rings. The van der Waals surface area contributed by atoms with E-state index in [1.54, 1.807) is 24.3 Å². The smallest absolute Gasteiger partial charge is 0.260 e. The minimum atomic E-state index is -0.391. The molecule has 0 bridgehead atoms. The standard InChI is InChI=1S/C14H13ClN2O4/c1-16-12(18)8-21-10-4-2-3-9(7-10)17-14(19)11-5-6-20-13(11)15/h2-7H,8H2,1H3,(H,16,18)(H,17,19). The Morgan fingerprint density at radius 1 is 1.33 bits per heavy atom. The molecule has 2 aromatic rings. The molecule has 0 spiro atoms. The van der Waals surface area contributed by atoms with Gasteiger partial charge in [0.25, 0.3) is 11.8 Å². The number of benzene rings is 1. The topological polar surface area (TPSA) is 80.6 Å². The van der Waals surface area contributed by atoms with E-state index in [2.05, 4.69) is 10.6 Å². The number of amides is 2. The van der Waals surface area contributed by atoms with Crippen LogP contribution in [0.5, 0.6) is 5.75 Å². The Morgan fingerprint density at radius 3 is 2.81 bits per heavy atom. The fourth-order valence-electron chi connectivity index (χ4n) is 1.54. The number of carbonyl (C=O) groups is 2. The lowest BCUT2D eigenvalue weighted by atomic mass is 10.2. The number of furan rings is 1. The summed E-state index contributed by atoms with van der Waals surface area (Å²) in [5, 5.41) is 5.14. The number of nitrogens with one attached hydrogen (secondary N) is 2. The molecule has 6 nitrogen and oxygen atoms in total. The second-order valence-electron chi connectivity index (χ2n) is 4.05. The Kier molecular flexibility index (Phi) is 4.84. The van der Waals surface area contributed by atoms with Gasteiger partial charge < -0.3 is 19.8 Å². The maximum Gasteiger partial charge on any atom is 0.260 e. The van der Waals surface area contributed by atoms with Gasteiger partial charge in [-0.15, -0.1) is 0 Å². The number of rotatable bonds is 5. The van der Waals surface area contributed by atoms with Crippen molar-refractivity contribution in [2.24, 2.45) is 0 Å². The van der Waals surface area contributed by atoms with Gasteiger partial charge in [-0.25, -0.2) is 0 Å². The van der Waals surface area contributed by atoms with E-state index in [-0.39, 0.29) is 23.3 Å². The molecule has 2 N–H and O–H groups in total. The van der Waals surface area contributed by atoms with Gasteiger partial charge in [-0.2, -0.15) is 0 Å². The van der Waals surface area contributed by atoms with Crippen molar-refractivity contribution in [3.8, 4) is 5.75 Å². The predicted octanol–water partition coefficient (Wildman–Crippen LogP) is 2.31. The van der Waals surface area contributed by atoms with Crippen LogP contribution >= 0.6 is 11.6 Å². The van der Waals surface area contributed by atoms with Gasteiger partial charge in [0, 0.05) is 18.8 Å². The first kappa shape index (κ1) is 14.9. The van der Waals surface area contributed by atoms with Crippen molar-refractivity contribution in [3.05, 3.63) is 47.4 Å². The lowest BCUT2D eigenvalue weighted by molar-refractivity contribution is -0.122. The molecular weight excluding hydrogens is 296 g/mol. The summed E-state index contributed by atoms with van der Waals surface area (Å²) in [7, 11) is 1.52. The molecule has 0 atom stereocenters. The monoisotopic (exact) mass is 308 g/mol. The van der Waals surface area contributed by atoms with Gasteiger partial charge in [-0.3, -0.25) is 9.59 Å². The molecule has 0 aliphatic rings. The summed E-state index contributed by atoms with van der Waals surface area (Å²) in [5.74, 6) is -0.165. The van der Waals surface area contributed by atoms with Gasteiger partial charge >= 0.3 is 0 Å². The summed E-state index contributed by atoms with van der Waals surface area (Å²) in [5.41, 5.74) is 0.764. The molecule has 0 aliphatic carbocycles. The van der Waals surface area contributed by atoms with Crippen molar-refractivity contribution in [1.82, 2.24) is 5.32 Å². The minimum Gasteiger partial charge on any atom is -0.484 e. The zero-order valence-electron chi connectivity index (χ0n) is 11.2. The van der Waals surface area contributed by atoms with Crippen molar-refractivity contribution < 1.29 is 18.7 Å². The quantitative estimate of drug-likeness (QED) is 0.888. The Labute approximate surface area is 126 Å². The highest BCUT2D eigenvalue weighted by atomic mass is 35.5. The molecule has 2 amide bonds. The first-order chi connectivity index (χ1) is 10.1. The van der Waals surface area contributed by atoms with Crippen LogP contribution in [0.2, 0.25) is 5.22 Å². The third-order valence-electron chi connectivity index (χ3n) is 2.60. The normalized spacial score (nSPS) is 10.0. The third-order valence-corrected chi connectivity index (χ3v) is 2.90. The van der Waals surface area contributed by atoms with Gasteiger partial charge in [-0.1, -0.05) is 6.07 Å². The van der Waals surface area contributed by atoms with Crippen molar-refractivity contribution in [3.63, 3.8) is 0 Å². The predicted molar refractivity (Wildman–Crippen MR) is 77.7 cm³/mol. The van der Waals surface area contributed by atoms with Crippen LogP contribution in [0, 0.1) is 0 Å². The molecule has 0 radical (unpaired) electrons. The van der Waals surface area contributed by atoms with Crippen molar-refractivity contribution in [1.29, 1.82) is 0 Å². The Morgan fingerprint density at radius 2 is 2.14 bits per heavy atom. The van der Waals surface area contributed by atoms with Crippen LogP contribution in [-0.2, 0) is 4.79 Å². The highest BCUT2D eigenvalue weighted by Gasteiger charge is 2.13. The summed E-state index contributed by atoms with van der Waals surface area (Å²) in [6, 6.07) is 8.16. The zero-order chi connectivity index (χ0) is 15.2. The Bertz CT molecular complexity index is 654. The molecule has 0 saturated heterocycles. The third kappa shape index (κ3) is 4.00. The highest BCUT2D eigenvalue weighted by molar-refractivity contribution is 6.32.